The number of halogens is 2. The normalized spacial score (nSPS) is 23.7. The molecule has 1 fully saturated rings. The lowest BCUT2D eigenvalue weighted by Crippen LogP contribution is -2.47. The zero-order valence-electron chi connectivity index (χ0n) is 10.6. The summed E-state index contributed by atoms with van der Waals surface area (Å²) in [6.45, 7) is 3.07. The SMILES string of the molecule is CC1COC(c2ccccc2Cl)CN1CC(=O)O.Cl. The molecule has 1 aliphatic heterocycles. The van der Waals surface area contributed by atoms with Crippen LogP contribution in [0.4, 0.5) is 0 Å². The summed E-state index contributed by atoms with van der Waals surface area (Å²) in [6, 6.07) is 7.62. The number of ether oxygens (including phenoxy) is 1. The van der Waals surface area contributed by atoms with Crippen molar-refractivity contribution in [1.29, 1.82) is 0 Å². The molecule has 6 heteroatoms. The molecule has 0 bridgehead atoms. The number of carbonyl (C=O) groups is 1. The minimum Gasteiger partial charge on any atom is -0.480 e. The first-order valence-electron chi connectivity index (χ1n) is 5.90. The summed E-state index contributed by atoms with van der Waals surface area (Å²) in [7, 11) is 0. The van der Waals surface area contributed by atoms with Gasteiger partial charge in [0.1, 0.15) is 0 Å². The summed E-state index contributed by atoms with van der Waals surface area (Å²) in [6.07, 6.45) is -0.158. The highest BCUT2D eigenvalue weighted by Crippen LogP contribution is 2.29. The van der Waals surface area contributed by atoms with Gasteiger partial charge in [0.15, 0.2) is 0 Å². The van der Waals surface area contributed by atoms with Crippen LogP contribution in [0, 0.1) is 0 Å². The topological polar surface area (TPSA) is 49.8 Å². The summed E-state index contributed by atoms with van der Waals surface area (Å²) >= 11 is 6.13. The number of nitrogens with zero attached hydrogens (tertiary/aromatic N) is 1. The van der Waals surface area contributed by atoms with Crippen LogP contribution in [-0.2, 0) is 9.53 Å². The third-order valence-electron chi connectivity index (χ3n) is 3.15. The van der Waals surface area contributed by atoms with E-state index in [1.54, 1.807) is 0 Å². The Labute approximate surface area is 123 Å². The summed E-state index contributed by atoms with van der Waals surface area (Å²) in [4.78, 5) is 12.7. The van der Waals surface area contributed by atoms with Gasteiger partial charge in [0.05, 0.1) is 19.3 Å². The monoisotopic (exact) mass is 305 g/mol. The fraction of sp³-hybridized carbons (Fsp3) is 0.462. The van der Waals surface area contributed by atoms with E-state index in [4.69, 9.17) is 21.4 Å². The molecule has 1 N–H and O–H groups in total. The van der Waals surface area contributed by atoms with Gasteiger partial charge in [-0.2, -0.15) is 0 Å². The quantitative estimate of drug-likeness (QED) is 0.932. The van der Waals surface area contributed by atoms with Gasteiger partial charge in [-0.25, -0.2) is 0 Å². The summed E-state index contributed by atoms with van der Waals surface area (Å²) < 4.78 is 5.75. The number of aliphatic carboxylic acids is 1. The van der Waals surface area contributed by atoms with Crippen molar-refractivity contribution in [1.82, 2.24) is 4.90 Å². The predicted octanol–water partition coefficient (Wildman–Crippen LogP) is 2.61. The maximum atomic E-state index is 10.8. The number of rotatable bonds is 3. The molecule has 19 heavy (non-hydrogen) atoms. The molecule has 1 aromatic rings. The molecule has 2 rings (SSSR count). The fourth-order valence-electron chi connectivity index (χ4n) is 2.12. The first kappa shape index (κ1) is 16.2. The molecule has 2 unspecified atom stereocenters. The number of hydrogen-bond donors (Lipinski definition) is 1. The van der Waals surface area contributed by atoms with E-state index in [1.165, 1.54) is 0 Å². The van der Waals surface area contributed by atoms with Crippen LogP contribution in [0.2, 0.25) is 5.02 Å². The largest absolute Gasteiger partial charge is 0.480 e. The van der Waals surface area contributed by atoms with Gasteiger partial charge in [0.25, 0.3) is 0 Å². The second kappa shape index (κ2) is 7.10. The van der Waals surface area contributed by atoms with Crippen LogP contribution in [0.15, 0.2) is 24.3 Å². The standard InChI is InChI=1S/C13H16ClNO3.ClH/c1-9-8-18-12(6-15(9)7-13(16)17)10-4-2-3-5-11(10)14;/h2-5,9,12H,6-8H2,1H3,(H,16,17);1H. The van der Waals surface area contributed by atoms with Crippen LogP contribution >= 0.6 is 24.0 Å². The lowest BCUT2D eigenvalue weighted by atomic mass is 10.1. The average molecular weight is 306 g/mol. The summed E-state index contributed by atoms with van der Waals surface area (Å²) in [5.74, 6) is -0.818. The van der Waals surface area contributed by atoms with Crippen molar-refractivity contribution in [3.63, 3.8) is 0 Å². The second-order valence-electron chi connectivity index (χ2n) is 4.52. The number of benzene rings is 1. The van der Waals surface area contributed by atoms with Crippen LogP contribution in [0.5, 0.6) is 0 Å². The Morgan fingerprint density at radius 2 is 2.21 bits per heavy atom. The van der Waals surface area contributed by atoms with Gasteiger partial charge >= 0.3 is 5.97 Å². The first-order chi connectivity index (χ1) is 8.58. The van der Waals surface area contributed by atoms with Crippen LogP contribution in [0.25, 0.3) is 0 Å². The zero-order valence-corrected chi connectivity index (χ0v) is 12.2. The molecule has 106 valence electrons. The molecular weight excluding hydrogens is 289 g/mol. The number of carboxylic acids is 1. The molecule has 0 amide bonds. The number of carboxylic acid groups (broad SMARTS) is 1. The van der Waals surface area contributed by atoms with Crippen molar-refractivity contribution >= 4 is 30.0 Å². The molecule has 0 saturated carbocycles. The Kier molecular flexibility index (Phi) is 6.07. The molecule has 2 atom stereocenters. The van der Waals surface area contributed by atoms with Crippen molar-refractivity contribution in [2.45, 2.75) is 19.1 Å². The Balaban J connectivity index is 0.00000180. The predicted molar refractivity (Wildman–Crippen MR) is 76.1 cm³/mol. The number of hydrogen-bond acceptors (Lipinski definition) is 3. The van der Waals surface area contributed by atoms with E-state index in [0.29, 0.717) is 18.2 Å². The molecule has 0 radical (unpaired) electrons. The molecule has 0 aromatic heterocycles. The molecule has 1 aliphatic rings. The van der Waals surface area contributed by atoms with Gasteiger partial charge in [0.2, 0.25) is 0 Å². The minimum absolute atomic E-state index is 0. The van der Waals surface area contributed by atoms with E-state index < -0.39 is 5.97 Å². The van der Waals surface area contributed by atoms with E-state index in [1.807, 2.05) is 36.1 Å². The lowest BCUT2D eigenvalue weighted by molar-refractivity contribution is -0.142. The number of morpholine rings is 1. The maximum absolute atomic E-state index is 10.8. The van der Waals surface area contributed by atoms with Gasteiger partial charge < -0.3 is 9.84 Å². The third-order valence-corrected chi connectivity index (χ3v) is 3.50. The van der Waals surface area contributed by atoms with Crippen molar-refractivity contribution < 1.29 is 14.6 Å². The van der Waals surface area contributed by atoms with E-state index in [9.17, 15) is 4.79 Å². The fourth-order valence-corrected chi connectivity index (χ4v) is 2.38. The van der Waals surface area contributed by atoms with Crippen LogP contribution in [-0.4, -0.2) is 41.7 Å². The molecule has 0 spiro atoms. The first-order valence-corrected chi connectivity index (χ1v) is 6.27. The van der Waals surface area contributed by atoms with Crippen LogP contribution in [0.1, 0.15) is 18.6 Å². The van der Waals surface area contributed by atoms with Gasteiger partial charge in [-0.1, -0.05) is 29.8 Å². The average Bonchev–Trinajstić information content (AvgIpc) is 2.32. The van der Waals surface area contributed by atoms with E-state index in [0.717, 1.165) is 5.56 Å². The van der Waals surface area contributed by atoms with Gasteiger partial charge in [-0.15, -0.1) is 12.4 Å². The molecule has 1 aromatic carbocycles. The smallest absolute Gasteiger partial charge is 0.317 e. The third kappa shape index (κ3) is 4.08. The highest BCUT2D eigenvalue weighted by Gasteiger charge is 2.29. The summed E-state index contributed by atoms with van der Waals surface area (Å²) in [5.41, 5.74) is 0.918. The van der Waals surface area contributed by atoms with Crippen LogP contribution < -0.4 is 0 Å². The van der Waals surface area contributed by atoms with Crippen molar-refractivity contribution in [3.05, 3.63) is 34.9 Å². The lowest BCUT2D eigenvalue weighted by Gasteiger charge is -2.37. The Bertz CT molecular complexity index is 442. The molecule has 1 saturated heterocycles. The van der Waals surface area contributed by atoms with E-state index >= 15 is 0 Å². The minimum atomic E-state index is -0.818. The second-order valence-corrected chi connectivity index (χ2v) is 4.92. The van der Waals surface area contributed by atoms with Crippen molar-refractivity contribution in [2.24, 2.45) is 0 Å². The highest BCUT2D eigenvalue weighted by molar-refractivity contribution is 6.31. The van der Waals surface area contributed by atoms with Gasteiger partial charge in [-0.05, 0) is 13.0 Å². The van der Waals surface area contributed by atoms with Crippen LogP contribution in [0.3, 0.4) is 0 Å². The van der Waals surface area contributed by atoms with Crippen molar-refractivity contribution in [2.75, 3.05) is 19.7 Å². The Morgan fingerprint density at radius 3 is 2.84 bits per heavy atom. The van der Waals surface area contributed by atoms with E-state index in [2.05, 4.69) is 0 Å². The molecular formula is C13H17Cl2NO3. The highest BCUT2D eigenvalue weighted by atomic mass is 35.5. The van der Waals surface area contributed by atoms with Gasteiger partial charge in [-0.3, -0.25) is 9.69 Å². The van der Waals surface area contributed by atoms with Gasteiger partial charge in [0, 0.05) is 23.2 Å². The molecule has 0 aliphatic carbocycles. The Hall–Kier alpha value is -0.810. The molecule has 1 heterocycles. The Morgan fingerprint density at radius 1 is 1.53 bits per heavy atom. The summed E-state index contributed by atoms with van der Waals surface area (Å²) in [5, 5.41) is 9.55. The van der Waals surface area contributed by atoms with Crippen molar-refractivity contribution in [3.8, 4) is 0 Å². The maximum Gasteiger partial charge on any atom is 0.317 e. The van der Waals surface area contributed by atoms with E-state index in [-0.39, 0.29) is 31.1 Å². The molecule has 4 nitrogen and oxygen atoms in total. The zero-order chi connectivity index (χ0) is 13.1.